The summed E-state index contributed by atoms with van der Waals surface area (Å²) in [6, 6.07) is 3.65. The topological polar surface area (TPSA) is 66.1 Å². The number of fused-ring (bicyclic) bond motifs is 1. The fraction of sp³-hybridized carbons (Fsp3) is 0.550. The average molecular weight is 410 g/mol. The van der Waals surface area contributed by atoms with Crippen LogP contribution in [0.15, 0.2) is 23.4 Å². The van der Waals surface area contributed by atoms with Gasteiger partial charge in [-0.15, -0.1) is 0 Å². The highest BCUT2D eigenvalue weighted by Gasteiger charge is 2.37. The summed E-state index contributed by atoms with van der Waals surface area (Å²) in [5.74, 6) is -2.68. The Hall–Kier alpha value is -1.96. The van der Waals surface area contributed by atoms with Gasteiger partial charge < -0.3 is 9.88 Å². The fourth-order valence-corrected chi connectivity index (χ4v) is 5.02. The Morgan fingerprint density at radius 1 is 1.32 bits per heavy atom. The van der Waals surface area contributed by atoms with Crippen LogP contribution >= 0.6 is 0 Å². The zero-order chi connectivity index (χ0) is 20.1. The standard InChI is InChI=1S/C20H25F2N3O2S/c1-13-8-19(28(2,26)27)23-11-18(13)25-7-5-16-15(12-25)9-17(24-16)14-4-3-6-20(21,22)10-14/h8-9,11,14,24H,3-7,10,12H2,1-2H3. The van der Waals surface area contributed by atoms with Crippen LogP contribution in [0.3, 0.4) is 0 Å². The highest BCUT2D eigenvalue weighted by atomic mass is 32.2. The molecule has 152 valence electrons. The molecule has 0 spiro atoms. The maximum atomic E-state index is 13.8. The van der Waals surface area contributed by atoms with Crippen molar-refractivity contribution in [2.75, 3.05) is 17.7 Å². The Morgan fingerprint density at radius 2 is 2.11 bits per heavy atom. The molecule has 0 bridgehead atoms. The quantitative estimate of drug-likeness (QED) is 0.833. The largest absolute Gasteiger partial charge is 0.365 e. The number of hydrogen-bond donors (Lipinski definition) is 1. The number of aryl methyl sites for hydroxylation is 1. The summed E-state index contributed by atoms with van der Waals surface area (Å²) in [6.45, 7) is 3.32. The maximum Gasteiger partial charge on any atom is 0.248 e. The van der Waals surface area contributed by atoms with E-state index in [9.17, 15) is 17.2 Å². The predicted molar refractivity (Wildman–Crippen MR) is 104 cm³/mol. The minimum absolute atomic E-state index is 0.00650. The molecule has 1 atom stereocenters. The Morgan fingerprint density at radius 3 is 2.79 bits per heavy atom. The molecule has 3 heterocycles. The molecule has 1 aliphatic carbocycles. The van der Waals surface area contributed by atoms with Gasteiger partial charge in [-0.25, -0.2) is 22.2 Å². The molecule has 0 saturated heterocycles. The Kier molecular flexibility index (Phi) is 4.72. The second-order valence-corrected chi connectivity index (χ2v) is 10.1. The third-order valence-corrected chi connectivity index (χ3v) is 6.85. The summed E-state index contributed by atoms with van der Waals surface area (Å²) in [7, 11) is -3.34. The number of nitrogens with one attached hydrogen (secondary N) is 1. The van der Waals surface area contributed by atoms with E-state index in [1.807, 2.05) is 13.0 Å². The van der Waals surface area contributed by atoms with E-state index in [1.165, 1.54) is 0 Å². The predicted octanol–water partition coefficient (Wildman–Crippen LogP) is 3.98. The zero-order valence-corrected chi connectivity index (χ0v) is 17.0. The minimum Gasteiger partial charge on any atom is -0.365 e. The van der Waals surface area contributed by atoms with Crippen LogP contribution in [0.1, 0.15) is 54.1 Å². The van der Waals surface area contributed by atoms with Gasteiger partial charge in [0, 0.05) is 55.9 Å². The minimum atomic E-state index is -3.34. The van der Waals surface area contributed by atoms with Gasteiger partial charge >= 0.3 is 0 Å². The second kappa shape index (κ2) is 6.83. The monoisotopic (exact) mass is 409 g/mol. The molecule has 1 N–H and O–H groups in total. The van der Waals surface area contributed by atoms with Gasteiger partial charge in [0.15, 0.2) is 14.9 Å². The fourth-order valence-electron chi connectivity index (χ4n) is 4.38. The van der Waals surface area contributed by atoms with E-state index in [4.69, 9.17) is 0 Å². The van der Waals surface area contributed by atoms with Crippen molar-refractivity contribution in [1.82, 2.24) is 9.97 Å². The van der Waals surface area contributed by atoms with Crippen LogP contribution < -0.4 is 4.90 Å². The van der Waals surface area contributed by atoms with Gasteiger partial charge in [-0.1, -0.05) is 0 Å². The summed E-state index contributed by atoms with van der Waals surface area (Å²) >= 11 is 0. The van der Waals surface area contributed by atoms with Crippen molar-refractivity contribution >= 4 is 15.5 Å². The highest BCUT2D eigenvalue weighted by Crippen LogP contribution is 2.42. The first-order valence-corrected chi connectivity index (χ1v) is 11.5. The Bertz CT molecular complexity index is 1000. The van der Waals surface area contributed by atoms with E-state index >= 15 is 0 Å². The number of pyridine rings is 1. The van der Waals surface area contributed by atoms with E-state index in [1.54, 1.807) is 12.3 Å². The molecule has 28 heavy (non-hydrogen) atoms. The number of hydrogen-bond acceptors (Lipinski definition) is 4. The molecule has 0 radical (unpaired) electrons. The van der Waals surface area contributed by atoms with Crippen molar-refractivity contribution in [2.45, 2.75) is 62.4 Å². The van der Waals surface area contributed by atoms with Gasteiger partial charge in [0.05, 0.1) is 11.9 Å². The van der Waals surface area contributed by atoms with E-state index in [0.717, 1.165) is 53.8 Å². The molecule has 1 aliphatic heterocycles. The van der Waals surface area contributed by atoms with Gasteiger partial charge in [0.2, 0.25) is 5.92 Å². The summed E-state index contributed by atoms with van der Waals surface area (Å²) < 4.78 is 51.0. The van der Waals surface area contributed by atoms with E-state index < -0.39 is 15.8 Å². The van der Waals surface area contributed by atoms with Crippen LogP contribution in [0, 0.1) is 6.92 Å². The number of alkyl halides is 2. The normalized spacial score (nSPS) is 22.1. The molecule has 1 saturated carbocycles. The first kappa shape index (κ1) is 19.4. The molecule has 2 aliphatic rings. The lowest BCUT2D eigenvalue weighted by atomic mass is 9.84. The van der Waals surface area contributed by atoms with Crippen molar-refractivity contribution < 1.29 is 17.2 Å². The van der Waals surface area contributed by atoms with Gasteiger partial charge in [-0.2, -0.15) is 0 Å². The molecule has 4 rings (SSSR count). The molecule has 1 fully saturated rings. The number of anilines is 1. The molecular formula is C20H25F2N3O2S. The SMILES string of the molecule is Cc1cc(S(C)(=O)=O)ncc1N1CCc2[nH]c(C3CCCC(F)(F)C3)cc2C1. The second-order valence-electron chi connectivity index (χ2n) is 8.13. The summed E-state index contributed by atoms with van der Waals surface area (Å²) in [6.07, 6.45) is 4.84. The van der Waals surface area contributed by atoms with Crippen molar-refractivity contribution in [3.05, 3.63) is 40.8 Å². The van der Waals surface area contributed by atoms with E-state index in [-0.39, 0.29) is 23.8 Å². The number of nitrogens with zero attached hydrogens (tertiary/aromatic N) is 2. The lowest BCUT2D eigenvalue weighted by Gasteiger charge is -2.30. The molecule has 0 aromatic carbocycles. The average Bonchev–Trinajstić information content (AvgIpc) is 3.03. The van der Waals surface area contributed by atoms with E-state index in [0.29, 0.717) is 13.0 Å². The molecule has 0 amide bonds. The smallest absolute Gasteiger partial charge is 0.248 e. The van der Waals surface area contributed by atoms with Gasteiger partial charge in [-0.05, 0) is 43.0 Å². The van der Waals surface area contributed by atoms with Crippen molar-refractivity contribution in [3.63, 3.8) is 0 Å². The number of aromatic nitrogens is 2. The van der Waals surface area contributed by atoms with Crippen LogP contribution in [-0.2, 0) is 22.8 Å². The maximum absolute atomic E-state index is 13.8. The Labute approximate surface area is 164 Å². The van der Waals surface area contributed by atoms with Crippen LogP contribution in [0.4, 0.5) is 14.5 Å². The van der Waals surface area contributed by atoms with Crippen molar-refractivity contribution in [1.29, 1.82) is 0 Å². The molecular weight excluding hydrogens is 384 g/mol. The third-order valence-electron chi connectivity index (χ3n) is 5.86. The van der Waals surface area contributed by atoms with Gasteiger partial charge in [0.1, 0.15) is 0 Å². The van der Waals surface area contributed by atoms with Crippen LogP contribution in [0.5, 0.6) is 0 Å². The van der Waals surface area contributed by atoms with Crippen LogP contribution in [-0.4, -0.2) is 37.1 Å². The lowest BCUT2D eigenvalue weighted by Crippen LogP contribution is -2.30. The highest BCUT2D eigenvalue weighted by molar-refractivity contribution is 7.90. The Balaban J connectivity index is 1.55. The first-order valence-electron chi connectivity index (χ1n) is 9.62. The molecule has 1 unspecified atom stereocenters. The first-order chi connectivity index (χ1) is 13.1. The third kappa shape index (κ3) is 3.79. The number of halogens is 2. The number of H-pyrrole nitrogens is 1. The van der Waals surface area contributed by atoms with Crippen LogP contribution in [0.25, 0.3) is 0 Å². The molecule has 5 nitrogen and oxygen atoms in total. The molecule has 2 aromatic heterocycles. The molecule has 8 heteroatoms. The van der Waals surface area contributed by atoms with Crippen molar-refractivity contribution in [2.24, 2.45) is 0 Å². The number of rotatable bonds is 3. The van der Waals surface area contributed by atoms with Gasteiger partial charge in [0.25, 0.3) is 0 Å². The van der Waals surface area contributed by atoms with E-state index in [2.05, 4.69) is 14.9 Å². The summed E-state index contributed by atoms with van der Waals surface area (Å²) in [5, 5.41) is 0.0774. The number of sulfone groups is 1. The molecule has 2 aromatic rings. The van der Waals surface area contributed by atoms with Crippen LogP contribution in [0.2, 0.25) is 0 Å². The van der Waals surface area contributed by atoms with Gasteiger partial charge in [-0.3, -0.25) is 0 Å². The number of aromatic amines is 1. The zero-order valence-electron chi connectivity index (χ0n) is 16.1. The summed E-state index contributed by atoms with van der Waals surface area (Å²) in [4.78, 5) is 9.69. The lowest BCUT2D eigenvalue weighted by molar-refractivity contribution is -0.0412. The van der Waals surface area contributed by atoms with Crippen molar-refractivity contribution in [3.8, 4) is 0 Å². The summed E-state index contributed by atoms with van der Waals surface area (Å²) in [5.41, 5.74) is 4.94.